The SMILES string of the molecule is Cc1noc2c1CCN(C(=O)c1cccs1)C2. The van der Waals surface area contributed by atoms with Crippen molar-refractivity contribution in [1.82, 2.24) is 10.1 Å². The van der Waals surface area contributed by atoms with Crippen molar-refractivity contribution < 1.29 is 9.32 Å². The summed E-state index contributed by atoms with van der Waals surface area (Å²) >= 11 is 1.47. The van der Waals surface area contributed by atoms with Gasteiger partial charge in [0.15, 0.2) is 5.76 Å². The number of hydrogen-bond donors (Lipinski definition) is 0. The molecule has 4 nitrogen and oxygen atoms in total. The van der Waals surface area contributed by atoms with Crippen molar-refractivity contribution in [3.8, 4) is 0 Å². The molecule has 88 valence electrons. The average molecular weight is 248 g/mol. The van der Waals surface area contributed by atoms with Gasteiger partial charge in [-0.2, -0.15) is 0 Å². The third-order valence-corrected chi connectivity index (χ3v) is 3.91. The highest BCUT2D eigenvalue weighted by Crippen LogP contribution is 2.23. The second-order valence-electron chi connectivity index (χ2n) is 4.12. The summed E-state index contributed by atoms with van der Waals surface area (Å²) in [6, 6.07) is 3.75. The van der Waals surface area contributed by atoms with Crippen molar-refractivity contribution in [2.45, 2.75) is 19.9 Å². The van der Waals surface area contributed by atoms with Crippen molar-refractivity contribution in [3.63, 3.8) is 0 Å². The Morgan fingerprint density at radius 2 is 2.47 bits per heavy atom. The van der Waals surface area contributed by atoms with Crippen LogP contribution in [0.2, 0.25) is 0 Å². The number of rotatable bonds is 1. The molecule has 0 saturated heterocycles. The van der Waals surface area contributed by atoms with Crippen molar-refractivity contribution in [2.75, 3.05) is 6.54 Å². The molecule has 0 radical (unpaired) electrons. The number of carbonyl (C=O) groups is 1. The van der Waals surface area contributed by atoms with Gasteiger partial charge in [-0.1, -0.05) is 11.2 Å². The van der Waals surface area contributed by atoms with Gasteiger partial charge in [0.2, 0.25) is 0 Å². The van der Waals surface area contributed by atoms with Gasteiger partial charge in [-0.15, -0.1) is 11.3 Å². The summed E-state index contributed by atoms with van der Waals surface area (Å²) in [6.45, 7) is 3.22. The van der Waals surface area contributed by atoms with Crippen molar-refractivity contribution >= 4 is 17.2 Å². The zero-order chi connectivity index (χ0) is 11.8. The van der Waals surface area contributed by atoms with Gasteiger partial charge in [0.05, 0.1) is 17.1 Å². The highest BCUT2D eigenvalue weighted by atomic mass is 32.1. The van der Waals surface area contributed by atoms with Crippen LogP contribution in [0, 0.1) is 6.92 Å². The molecule has 0 bridgehead atoms. The molecule has 0 N–H and O–H groups in total. The van der Waals surface area contributed by atoms with Crippen LogP contribution < -0.4 is 0 Å². The lowest BCUT2D eigenvalue weighted by Gasteiger charge is -2.25. The number of nitrogens with zero attached hydrogens (tertiary/aromatic N) is 2. The number of carbonyl (C=O) groups excluding carboxylic acids is 1. The molecule has 1 aliphatic heterocycles. The van der Waals surface area contributed by atoms with Crippen LogP contribution in [-0.2, 0) is 13.0 Å². The van der Waals surface area contributed by atoms with Crippen LogP contribution >= 0.6 is 11.3 Å². The maximum Gasteiger partial charge on any atom is 0.264 e. The van der Waals surface area contributed by atoms with Crippen molar-refractivity contribution in [1.29, 1.82) is 0 Å². The topological polar surface area (TPSA) is 46.3 Å². The zero-order valence-corrected chi connectivity index (χ0v) is 10.3. The van der Waals surface area contributed by atoms with E-state index in [0.29, 0.717) is 6.54 Å². The van der Waals surface area contributed by atoms with Gasteiger partial charge in [-0.3, -0.25) is 4.79 Å². The summed E-state index contributed by atoms with van der Waals surface area (Å²) in [7, 11) is 0. The van der Waals surface area contributed by atoms with E-state index in [4.69, 9.17) is 4.52 Å². The van der Waals surface area contributed by atoms with Crippen LogP contribution in [-0.4, -0.2) is 22.5 Å². The first kappa shape index (κ1) is 10.5. The fourth-order valence-corrected chi connectivity index (χ4v) is 2.80. The van der Waals surface area contributed by atoms with Gasteiger partial charge < -0.3 is 9.42 Å². The van der Waals surface area contributed by atoms with E-state index in [2.05, 4.69) is 5.16 Å². The fourth-order valence-electron chi connectivity index (χ4n) is 2.11. The van der Waals surface area contributed by atoms with Crippen LogP contribution in [0.4, 0.5) is 0 Å². The first-order valence-electron chi connectivity index (χ1n) is 5.52. The lowest BCUT2D eigenvalue weighted by atomic mass is 10.1. The predicted octanol–water partition coefficient (Wildman–Crippen LogP) is 2.24. The van der Waals surface area contributed by atoms with Gasteiger partial charge in [0, 0.05) is 12.1 Å². The van der Waals surface area contributed by atoms with E-state index in [9.17, 15) is 4.79 Å². The maximum absolute atomic E-state index is 12.2. The second-order valence-corrected chi connectivity index (χ2v) is 5.07. The quantitative estimate of drug-likeness (QED) is 0.777. The Hall–Kier alpha value is -1.62. The average Bonchev–Trinajstić information content (AvgIpc) is 2.98. The molecule has 0 atom stereocenters. The molecular formula is C12H12N2O2S. The monoisotopic (exact) mass is 248 g/mol. The minimum Gasteiger partial charge on any atom is -0.359 e. The van der Waals surface area contributed by atoms with Gasteiger partial charge >= 0.3 is 0 Å². The highest BCUT2D eigenvalue weighted by molar-refractivity contribution is 7.12. The molecule has 5 heteroatoms. The molecule has 0 aliphatic carbocycles. The van der Waals surface area contributed by atoms with Crippen LogP contribution in [0.15, 0.2) is 22.0 Å². The van der Waals surface area contributed by atoms with E-state index in [1.807, 2.05) is 29.3 Å². The largest absolute Gasteiger partial charge is 0.359 e. The molecule has 2 aromatic rings. The Morgan fingerprint density at radius 1 is 1.59 bits per heavy atom. The van der Waals surface area contributed by atoms with Crippen LogP contribution in [0.5, 0.6) is 0 Å². The molecule has 0 unspecified atom stereocenters. The van der Waals surface area contributed by atoms with E-state index < -0.39 is 0 Å². The molecular weight excluding hydrogens is 236 g/mol. The summed E-state index contributed by atoms with van der Waals surface area (Å²) in [4.78, 5) is 14.8. The second kappa shape index (κ2) is 4.00. The van der Waals surface area contributed by atoms with E-state index in [1.165, 1.54) is 16.9 Å². The summed E-state index contributed by atoms with van der Waals surface area (Å²) in [5, 5.41) is 5.86. The van der Waals surface area contributed by atoms with Crippen LogP contribution in [0.25, 0.3) is 0 Å². The van der Waals surface area contributed by atoms with Gasteiger partial charge in [0.25, 0.3) is 5.91 Å². The Morgan fingerprint density at radius 3 is 3.24 bits per heavy atom. The molecule has 3 heterocycles. The first-order chi connectivity index (χ1) is 8.25. The van der Waals surface area contributed by atoms with E-state index in [-0.39, 0.29) is 5.91 Å². The number of thiophene rings is 1. The number of fused-ring (bicyclic) bond motifs is 1. The zero-order valence-electron chi connectivity index (χ0n) is 9.47. The Balaban J connectivity index is 1.83. The van der Waals surface area contributed by atoms with Crippen LogP contribution in [0.1, 0.15) is 26.7 Å². The molecule has 0 spiro atoms. The number of hydrogen-bond acceptors (Lipinski definition) is 4. The lowest BCUT2D eigenvalue weighted by molar-refractivity contribution is 0.0721. The minimum atomic E-state index is 0.0831. The summed E-state index contributed by atoms with van der Waals surface area (Å²) < 4.78 is 5.24. The predicted molar refractivity (Wildman–Crippen MR) is 64.0 cm³/mol. The molecule has 1 aliphatic rings. The Kier molecular flexibility index (Phi) is 2.48. The van der Waals surface area contributed by atoms with Gasteiger partial charge in [-0.25, -0.2) is 0 Å². The third-order valence-electron chi connectivity index (χ3n) is 3.05. The molecule has 1 amide bonds. The number of aryl methyl sites for hydroxylation is 1. The van der Waals surface area contributed by atoms with Crippen molar-refractivity contribution in [2.24, 2.45) is 0 Å². The normalized spacial score (nSPS) is 14.8. The fraction of sp³-hybridized carbons (Fsp3) is 0.333. The van der Waals surface area contributed by atoms with Gasteiger partial charge in [0.1, 0.15) is 0 Å². The lowest BCUT2D eigenvalue weighted by Crippen LogP contribution is -2.35. The first-order valence-corrected chi connectivity index (χ1v) is 6.40. The summed E-state index contributed by atoms with van der Waals surface area (Å²) in [6.07, 6.45) is 0.835. The summed E-state index contributed by atoms with van der Waals surface area (Å²) in [5.41, 5.74) is 2.11. The van der Waals surface area contributed by atoms with Crippen molar-refractivity contribution in [3.05, 3.63) is 39.4 Å². The minimum absolute atomic E-state index is 0.0831. The summed E-state index contributed by atoms with van der Waals surface area (Å²) in [5.74, 6) is 0.915. The smallest absolute Gasteiger partial charge is 0.264 e. The van der Waals surface area contributed by atoms with E-state index >= 15 is 0 Å². The Bertz CT molecular complexity index is 545. The van der Waals surface area contributed by atoms with Gasteiger partial charge in [-0.05, 0) is 24.8 Å². The molecule has 0 aromatic carbocycles. The molecule has 17 heavy (non-hydrogen) atoms. The molecule has 3 rings (SSSR count). The third kappa shape index (κ3) is 1.76. The molecule has 0 saturated carbocycles. The van der Waals surface area contributed by atoms with E-state index in [1.54, 1.807) is 0 Å². The number of amides is 1. The number of aromatic nitrogens is 1. The molecule has 0 fully saturated rings. The standard InChI is InChI=1S/C12H12N2O2S/c1-8-9-4-5-14(7-10(9)16-13-8)12(15)11-3-2-6-17-11/h2-3,6H,4-5,7H2,1H3. The van der Waals surface area contributed by atoms with E-state index in [0.717, 1.165) is 29.3 Å². The maximum atomic E-state index is 12.2. The highest BCUT2D eigenvalue weighted by Gasteiger charge is 2.26. The Labute approximate surface area is 103 Å². The van der Waals surface area contributed by atoms with Crippen LogP contribution in [0.3, 0.4) is 0 Å². The molecule has 2 aromatic heterocycles.